The van der Waals surface area contributed by atoms with Crippen LogP contribution in [0.25, 0.3) is 0 Å². The molecule has 1 aromatic carbocycles. The second-order valence-corrected chi connectivity index (χ2v) is 5.71. The summed E-state index contributed by atoms with van der Waals surface area (Å²) in [5.74, 6) is 0. The fraction of sp³-hybridized carbons (Fsp3) is 0.571. The van der Waals surface area contributed by atoms with Crippen molar-refractivity contribution in [2.75, 3.05) is 6.54 Å². The third-order valence-electron chi connectivity index (χ3n) is 2.81. The van der Waals surface area contributed by atoms with Gasteiger partial charge in [-0.3, -0.25) is 0 Å². The Hall–Kier alpha value is -0.530. The predicted octanol–water partition coefficient (Wildman–Crippen LogP) is 3.92. The molecule has 0 fully saturated rings. The van der Waals surface area contributed by atoms with Crippen LogP contribution in [-0.4, -0.2) is 6.54 Å². The van der Waals surface area contributed by atoms with E-state index in [0.717, 1.165) is 30.8 Å². The van der Waals surface area contributed by atoms with Crippen molar-refractivity contribution in [2.45, 2.75) is 45.4 Å². The molecule has 0 saturated carbocycles. The first-order chi connectivity index (χ1) is 7.45. The van der Waals surface area contributed by atoms with Gasteiger partial charge in [0.25, 0.3) is 0 Å². The van der Waals surface area contributed by atoms with E-state index in [0.29, 0.717) is 0 Å². The summed E-state index contributed by atoms with van der Waals surface area (Å²) in [6.07, 6.45) is 3.21. The zero-order valence-electron chi connectivity index (χ0n) is 10.5. The summed E-state index contributed by atoms with van der Waals surface area (Å²) in [5.41, 5.74) is 8.28. The van der Waals surface area contributed by atoms with E-state index in [1.54, 1.807) is 0 Å². The maximum atomic E-state index is 6.19. The molecule has 2 N–H and O–H groups in total. The van der Waals surface area contributed by atoms with E-state index in [2.05, 4.69) is 32.9 Å². The second-order valence-electron chi connectivity index (χ2n) is 5.30. The van der Waals surface area contributed by atoms with Crippen LogP contribution in [0.5, 0.6) is 0 Å². The van der Waals surface area contributed by atoms with Gasteiger partial charge in [-0.1, -0.05) is 44.5 Å². The predicted molar refractivity (Wildman–Crippen MR) is 72.1 cm³/mol. The Morgan fingerprint density at radius 1 is 1.19 bits per heavy atom. The molecule has 0 unspecified atom stereocenters. The molecule has 0 radical (unpaired) electrons. The Bertz CT molecular complexity index is 339. The topological polar surface area (TPSA) is 26.0 Å². The van der Waals surface area contributed by atoms with Crippen LogP contribution in [0.3, 0.4) is 0 Å². The van der Waals surface area contributed by atoms with Crippen molar-refractivity contribution in [1.82, 2.24) is 0 Å². The molecule has 1 rings (SSSR count). The van der Waals surface area contributed by atoms with E-state index in [9.17, 15) is 0 Å². The fourth-order valence-corrected chi connectivity index (χ4v) is 1.90. The minimum absolute atomic E-state index is 0.188. The minimum atomic E-state index is 0.188. The molecule has 0 saturated heterocycles. The lowest BCUT2D eigenvalue weighted by Crippen LogP contribution is -2.11. The van der Waals surface area contributed by atoms with E-state index in [1.807, 2.05) is 6.07 Å². The Labute approximate surface area is 104 Å². The summed E-state index contributed by atoms with van der Waals surface area (Å²) in [5, 5.41) is 0.880. The van der Waals surface area contributed by atoms with Crippen molar-refractivity contribution >= 4 is 11.6 Å². The van der Waals surface area contributed by atoms with Crippen LogP contribution in [0.15, 0.2) is 18.2 Å². The Morgan fingerprint density at radius 3 is 2.44 bits per heavy atom. The number of unbranched alkanes of at least 4 members (excludes halogenated alkanes) is 1. The average Bonchev–Trinajstić information content (AvgIpc) is 2.19. The molecular formula is C14H22ClN. The van der Waals surface area contributed by atoms with Gasteiger partial charge < -0.3 is 5.73 Å². The molecule has 16 heavy (non-hydrogen) atoms. The van der Waals surface area contributed by atoms with E-state index in [1.165, 1.54) is 11.1 Å². The largest absolute Gasteiger partial charge is 0.330 e. The van der Waals surface area contributed by atoms with Gasteiger partial charge in [0.15, 0.2) is 0 Å². The van der Waals surface area contributed by atoms with Gasteiger partial charge in [-0.2, -0.15) is 0 Å². The van der Waals surface area contributed by atoms with Gasteiger partial charge in [-0.15, -0.1) is 0 Å². The second kappa shape index (κ2) is 5.70. The smallest absolute Gasteiger partial charge is 0.0438 e. The minimum Gasteiger partial charge on any atom is -0.330 e. The summed E-state index contributed by atoms with van der Waals surface area (Å²) in [6, 6.07) is 6.37. The highest BCUT2D eigenvalue weighted by atomic mass is 35.5. The molecule has 0 aliphatic carbocycles. The number of aryl methyl sites for hydroxylation is 1. The van der Waals surface area contributed by atoms with E-state index in [-0.39, 0.29) is 5.41 Å². The Morgan fingerprint density at radius 2 is 1.88 bits per heavy atom. The maximum Gasteiger partial charge on any atom is 0.0438 e. The summed E-state index contributed by atoms with van der Waals surface area (Å²) in [4.78, 5) is 0. The number of hydrogen-bond acceptors (Lipinski definition) is 1. The number of halogens is 1. The molecule has 0 heterocycles. The van der Waals surface area contributed by atoms with Gasteiger partial charge >= 0.3 is 0 Å². The van der Waals surface area contributed by atoms with Gasteiger partial charge in [0.2, 0.25) is 0 Å². The first-order valence-corrected chi connectivity index (χ1v) is 6.32. The van der Waals surface area contributed by atoms with Crippen molar-refractivity contribution in [3.63, 3.8) is 0 Å². The molecular weight excluding hydrogens is 218 g/mol. The molecule has 0 amide bonds. The van der Waals surface area contributed by atoms with Crippen LogP contribution < -0.4 is 5.73 Å². The lowest BCUT2D eigenvalue weighted by Gasteiger charge is -2.20. The monoisotopic (exact) mass is 239 g/mol. The van der Waals surface area contributed by atoms with Gasteiger partial charge in [0.1, 0.15) is 0 Å². The lowest BCUT2D eigenvalue weighted by atomic mass is 9.86. The molecule has 2 heteroatoms. The fourth-order valence-electron chi connectivity index (χ4n) is 1.69. The van der Waals surface area contributed by atoms with Crippen molar-refractivity contribution in [3.05, 3.63) is 34.3 Å². The van der Waals surface area contributed by atoms with Crippen molar-refractivity contribution in [3.8, 4) is 0 Å². The molecule has 0 bridgehead atoms. The highest BCUT2D eigenvalue weighted by Gasteiger charge is 2.14. The zero-order chi connectivity index (χ0) is 12.2. The van der Waals surface area contributed by atoms with Gasteiger partial charge in [-0.05, 0) is 48.4 Å². The number of rotatable bonds is 4. The van der Waals surface area contributed by atoms with Crippen LogP contribution in [-0.2, 0) is 11.8 Å². The van der Waals surface area contributed by atoms with Crippen LogP contribution >= 0.6 is 11.6 Å². The molecule has 0 aromatic heterocycles. The zero-order valence-corrected chi connectivity index (χ0v) is 11.3. The van der Waals surface area contributed by atoms with Crippen molar-refractivity contribution < 1.29 is 0 Å². The van der Waals surface area contributed by atoms with Gasteiger partial charge in [-0.25, -0.2) is 0 Å². The Kier molecular flexibility index (Phi) is 4.82. The molecule has 0 spiro atoms. The maximum absolute atomic E-state index is 6.19. The van der Waals surface area contributed by atoms with Gasteiger partial charge in [0.05, 0.1) is 0 Å². The first kappa shape index (κ1) is 13.5. The summed E-state index contributed by atoms with van der Waals surface area (Å²) >= 11 is 6.19. The van der Waals surface area contributed by atoms with E-state index in [4.69, 9.17) is 17.3 Å². The van der Waals surface area contributed by atoms with E-state index < -0.39 is 0 Å². The van der Waals surface area contributed by atoms with Crippen LogP contribution in [0.4, 0.5) is 0 Å². The van der Waals surface area contributed by atoms with Crippen molar-refractivity contribution in [2.24, 2.45) is 5.73 Å². The highest BCUT2D eigenvalue weighted by Crippen LogP contribution is 2.27. The first-order valence-electron chi connectivity index (χ1n) is 5.94. The van der Waals surface area contributed by atoms with Gasteiger partial charge in [0, 0.05) is 5.02 Å². The van der Waals surface area contributed by atoms with Crippen LogP contribution in [0.2, 0.25) is 5.02 Å². The average molecular weight is 240 g/mol. The normalized spacial score (nSPS) is 11.8. The Balaban J connectivity index is 2.83. The summed E-state index contributed by atoms with van der Waals surface area (Å²) < 4.78 is 0. The quantitative estimate of drug-likeness (QED) is 0.792. The van der Waals surface area contributed by atoms with Crippen LogP contribution in [0, 0.1) is 0 Å². The third kappa shape index (κ3) is 3.80. The molecule has 1 nitrogen and oxygen atoms in total. The van der Waals surface area contributed by atoms with Crippen molar-refractivity contribution in [1.29, 1.82) is 0 Å². The molecule has 0 atom stereocenters. The number of nitrogens with two attached hydrogens (primary N) is 1. The molecule has 1 aromatic rings. The molecule has 0 aliphatic rings. The highest BCUT2D eigenvalue weighted by molar-refractivity contribution is 6.31. The standard InChI is InChI=1S/C14H22ClN/c1-14(2,3)12-7-8-13(15)11(10-12)6-4-5-9-16/h7-8,10H,4-6,9,16H2,1-3H3. The van der Waals surface area contributed by atoms with Crippen LogP contribution in [0.1, 0.15) is 44.7 Å². The third-order valence-corrected chi connectivity index (χ3v) is 3.18. The summed E-state index contributed by atoms with van der Waals surface area (Å²) in [6.45, 7) is 7.43. The molecule has 0 aliphatic heterocycles. The number of benzene rings is 1. The summed E-state index contributed by atoms with van der Waals surface area (Å²) in [7, 11) is 0. The number of hydrogen-bond donors (Lipinski definition) is 1. The lowest BCUT2D eigenvalue weighted by molar-refractivity contribution is 0.589. The molecule has 90 valence electrons. The van der Waals surface area contributed by atoms with E-state index >= 15 is 0 Å². The SMILES string of the molecule is CC(C)(C)c1ccc(Cl)c(CCCCN)c1.